The van der Waals surface area contributed by atoms with E-state index in [9.17, 15) is 9.59 Å². The summed E-state index contributed by atoms with van der Waals surface area (Å²) in [6.07, 6.45) is 0.756. The lowest BCUT2D eigenvalue weighted by Crippen LogP contribution is -2.26. The zero-order valence-corrected chi connectivity index (χ0v) is 16.5. The van der Waals surface area contributed by atoms with E-state index in [1.165, 1.54) is 6.92 Å². The third-order valence-corrected chi connectivity index (χ3v) is 4.16. The summed E-state index contributed by atoms with van der Waals surface area (Å²) in [4.78, 5) is 24.1. The van der Waals surface area contributed by atoms with E-state index < -0.39 is 18.0 Å². The molecule has 0 bridgehead atoms. The largest absolute Gasteiger partial charge is 0.492 e. The maximum atomic E-state index is 12.7. The molecular weight excluding hydrogens is 372 g/mol. The molecule has 29 heavy (non-hydrogen) atoms. The minimum Gasteiger partial charge on any atom is -0.492 e. The van der Waals surface area contributed by atoms with Crippen molar-refractivity contribution in [3.05, 3.63) is 59.2 Å². The van der Waals surface area contributed by atoms with Crippen molar-refractivity contribution in [1.29, 1.82) is 5.41 Å². The molecule has 0 heterocycles. The zero-order chi connectivity index (χ0) is 21.4. The van der Waals surface area contributed by atoms with Crippen LogP contribution in [-0.2, 0) is 20.7 Å². The van der Waals surface area contributed by atoms with Crippen molar-refractivity contribution >= 4 is 23.5 Å². The summed E-state index contributed by atoms with van der Waals surface area (Å²) < 4.78 is 10.6. The lowest BCUT2D eigenvalue weighted by atomic mass is 10.0. The fourth-order valence-electron chi connectivity index (χ4n) is 2.72. The molecule has 0 saturated heterocycles. The monoisotopic (exact) mass is 398 g/mol. The molecule has 2 aromatic rings. The van der Waals surface area contributed by atoms with Crippen LogP contribution in [-0.4, -0.2) is 30.9 Å². The maximum absolute atomic E-state index is 12.7. The normalized spacial score (nSPS) is 11.4. The van der Waals surface area contributed by atoms with Crippen LogP contribution < -0.4 is 21.5 Å². The smallest absolute Gasteiger partial charge is 0.341 e. The number of carbonyl (C=O) groups excluding carboxylic acids is 2. The number of nitrogen functional groups attached to an aromatic ring is 1. The highest BCUT2D eigenvalue weighted by molar-refractivity contribution is 5.95. The van der Waals surface area contributed by atoms with Crippen LogP contribution in [0, 0.1) is 5.41 Å². The van der Waals surface area contributed by atoms with E-state index in [4.69, 9.17) is 26.4 Å². The number of carbonyl (C=O) groups is 2. The molecule has 8 heteroatoms. The molecular formula is C21H26N4O4. The summed E-state index contributed by atoms with van der Waals surface area (Å²) in [5, 5.41) is 10.6. The number of amidine groups is 1. The van der Waals surface area contributed by atoms with Gasteiger partial charge in [-0.1, -0.05) is 13.0 Å². The third kappa shape index (κ3) is 6.05. The first-order chi connectivity index (χ1) is 13.8. The molecule has 0 fully saturated rings. The Hall–Kier alpha value is -3.39. The Labute approximate surface area is 169 Å². The fraction of sp³-hybridized carbons (Fsp3) is 0.286. The van der Waals surface area contributed by atoms with Crippen molar-refractivity contribution in [3.8, 4) is 5.75 Å². The van der Waals surface area contributed by atoms with Gasteiger partial charge in [0.25, 0.3) is 0 Å². The number of aryl methyl sites for hydroxylation is 1. The van der Waals surface area contributed by atoms with Crippen LogP contribution in [0.1, 0.15) is 36.6 Å². The van der Waals surface area contributed by atoms with E-state index in [1.54, 1.807) is 30.3 Å². The fourth-order valence-corrected chi connectivity index (χ4v) is 2.72. The van der Waals surface area contributed by atoms with Crippen LogP contribution in [0.2, 0.25) is 0 Å². The molecule has 154 valence electrons. The molecule has 2 rings (SSSR count). The first-order valence-corrected chi connectivity index (χ1v) is 9.24. The van der Waals surface area contributed by atoms with Gasteiger partial charge in [0.15, 0.2) is 6.04 Å². The van der Waals surface area contributed by atoms with Gasteiger partial charge in [0, 0.05) is 30.3 Å². The van der Waals surface area contributed by atoms with E-state index >= 15 is 0 Å². The topological polar surface area (TPSA) is 141 Å². The molecule has 0 aromatic heterocycles. The van der Waals surface area contributed by atoms with Crippen molar-refractivity contribution in [2.24, 2.45) is 11.5 Å². The van der Waals surface area contributed by atoms with Crippen LogP contribution >= 0.6 is 0 Å². The number of nitrogens with one attached hydrogen (secondary N) is 2. The summed E-state index contributed by atoms with van der Waals surface area (Å²) in [5.74, 6) is -1.04. The van der Waals surface area contributed by atoms with Crippen molar-refractivity contribution in [2.75, 3.05) is 18.5 Å². The van der Waals surface area contributed by atoms with Gasteiger partial charge >= 0.3 is 11.9 Å². The van der Waals surface area contributed by atoms with Crippen LogP contribution in [0.5, 0.6) is 5.75 Å². The van der Waals surface area contributed by atoms with Gasteiger partial charge < -0.3 is 26.3 Å². The van der Waals surface area contributed by atoms with Crippen molar-refractivity contribution < 1.29 is 19.1 Å². The van der Waals surface area contributed by atoms with E-state index in [2.05, 4.69) is 5.32 Å². The first kappa shape index (κ1) is 21.9. The van der Waals surface area contributed by atoms with Gasteiger partial charge in [0.05, 0.1) is 0 Å². The predicted octanol–water partition coefficient (Wildman–Crippen LogP) is 2.11. The number of ether oxygens (including phenoxy) is 2. The highest BCUT2D eigenvalue weighted by atomic mass is 16.6. The average Bonchev–Trinajstić information content (AvgIpc) is 2.70. The van der Waals surface area contributed by atoms with Crippen molar-refractivity contribution in [3.63, 3.8) is 0 Å². The quantitative estimate of drug-likeness (QED) is 0.219. The summed E-state index contributed by atoms with van der Waals surface area (Å²) >= 11 is 0. The number of rotatable bonds is 9. The van der Waals surface area contributed by atoms with Gasteiger partial charge in [-0.05, 0) is 48.4 Å². The molecule has 0 aliphatic rings. The van der Waals surface area contributed by atoms with Crippen LogP contribution in [0.4, 0.5) is 5.69 Å². The molecule has 0 aliphatic carbocycles. The molecule has 0 aliphatic heterocycles. The second-order valence-electron chi connectivity index (χ2n) is 6.34. The summed E-state index contributed by atoms with van der Waals surface area (Å²) in [6.45, 7) is 3.76. The molecule has 1 unspecified atom stereocenters. The highest BCUT2D eigenvalue weighted by Crippen LogP contribution is 2.31. The third-order valence-electron chi connectivity index (χ3n) is 4.16. The van der Waals surface area contributed by atoms with E-state index in [1.807, 2.05) is 19.1 Å². The Morgan fingerprint density at radius 3 is 2.41 bits per heavy atom. The Morgan fingerprint density at radius 1 is 1.17 bits per heavy atom. The van der Waals surface area contributed by atoms with Crippen molar-refractivity contribution in [2.45, 2.75) is 26.3 Å². The van der Waals surface area contributed by atoms with Gasteiger partial charge in [-0.15, -0.1) is 0 Å². The highest BCUT2D eigenvalue weighted by Gasteiger charge is 2.27. The van der Waals surface area contributed by atoms with Gasteiger partial charge in [-0.25, -0.2) is 4.79 Å². The lowest BCUT2D eigenvalue weighted by Gasteiger charge is -2.22. The second-order valence-corrected chi connectivity index (χ2v) is 6.34. The predicted molar refractivity (Wildman–Crippen MR) is 111 cm³/mol. The van der Waals surface area contributed by atoms with E-state index in [0.717, 1.165) is 12.0 Å². The Balaban J connectivity index is 2.45. The number of anilines is 1. The molecule has 0 spiro atoms. The van der Waals surface area contributed by atoms with E-state index in [-0.39, 0.29) is 12.4 Å². The second kappa shape index (κ2) is 10.2. The Morgan fingerprint density at radius 2 is 1.86 bits per heavy atom. The number of benzene rings is 2. The van der Waals surface area contributed by atoms with Crippen molar-refractivity contribution in [1.82, 2.24) is 0 Å². The molecule has 0 saturated carbocycles. The maximum Gasteiger partial charge on any atom is 0.341 e. The minimum atomic E-state index is -0.985. The van der Waals surface area contributed by atoms with Crippen LogP contribution in [0.15, 0.2) is 42.5 Å². The van der Waals surface area contributed by atoms with Gasteiger partial charge in [0.2, 0.25) is 0 Å². The lowest BCUT2D eigenvalue weighted by molar-refractivity contribution is -0.158. The molecule has 8 nitrogen and oxygen atoms in total. The van der Waals surface area contributed by atoms with E-state index in [0.29, 0.717) is 29.1 Å². The van der Waals surface area contributed by atoms with Crippen LogP contribution in [0.3, 0.4) is 0 Å². The summed E-state index contributed by atoms with van der Waals surface area (Å²) in [5.41, 5.74) is 13.7. The number of esters is 2. The van der Waals surface area contributed by atoms with Crippen LogP contribution in [0.25, 0.3) is 0 Å². The zero-order valence-electron chi connectivity index (χ0n) is 16.5. The Bertz CT molecular complexity index is 881. The molecule has 2 aromatic carbocycles. The number of nitrogens with two attached hydrogens (primary N) is 2. The Kier molecular flexibility index (Phi) is 7.73. The molecule has 6 N–H and O–H groups in total. The SMILES string of the molecule is CCc1ccc(OCCN)c(C(Nc2ccc(C(=N)N)cc2)C(=O)OC(C)=O)c1. The van der Waals surface area contributed by atoms with Gasteiger partial charge in [-0.3, -0.25) is 10.2 Å². The molecule has 0 radical (unpaired) electrons. The minimum absolute atomic E-state index is 0.0581. The first-order valence-electron chi connectivity index (χ1n) is 9.24. The number of hydrogen-bond acceptors (Lipinski definition) is 7. The van der Waals surface area contributed by atoms with Gasteiger partial charge in [-0.2, -0.15) is 0 Å². The molecule has 0 amide bonds. The average molecular weight is 398 g/mol. The number of hydrogen-bond donors (Lipinski definition) is 4. The molecule has 1 atom stereocenters. The summed E-state index contributed by atoms with van der Waals surface area (Å²) in [6, 6.07) is 11.2. The van der Waals surface area contributed by atoms with Gasteiger partial charge in [0.1, 0.15) is 18.2 Å². The summed E-state index contributed by atoms with van der Waals surface area (Å²) in [7, 11) is 0. The standard InChI is InChI=1S/C21H26N4O4/c1-3-14-4-9-18(28-11-10-22)17(12-14)19(21(27)29-13(2)26)25-16-7-5-15(6-8-16)20(23)24/h4-9,12,19,25H,3,10-11,22H2,1-2H3,(H3,23,24).